The third-order valence-electron chi connectivity index (χ3n) is 7.56. The number of nitrogens with zero attached hydrogens (tertiary/aromatic N) is 7. The highest BCUT2D eigenvalue weighted by Gasteiger charge is 2.55. The van der Waals surface area contributed by atoms with Crippen molar-refractivity contribution in [1.29, 1.82) is 0 Å². The number of aliphatic hydroxyl groups excluding tert-OH is 1. The number of carbonyl (C=O) groups excluding carboxylic acids is 1. The number of fused-ring (bicyclic) bond motifs is 2. The molecule has 4 atom stereocenters. The van der Waals surface area contributed by atoms with Crippen LogP contribution in [0, 0.1) is 24.7 Å². The molecule has 6 rings (SSSR count). The van der Waals surface area contributed by atoms with Crippen molar-refractivity contribution in [3.05, 3.63) is 53.1 Å². The van der Waals surface area contributed by atoms with E-state index in [0.29, 0.717) is 29.9 Å². The number of amides is 1. The predicted molar refractivity (Wildman–Crippen MR) is 120 cm³/mol. The van der Waals surface area contributed by atoms with Crippen LogP contribution in [0.3, 0.4) is 0 Å². The average molecular weight is 449 g/mol. The van der Waals surface area contributed by atoms with E-state index in [2.05, 4.69) is 25.3 Å². The first kappa shape index (κ1) is 20.3. The number of aliphatic hydroxyl groups is 1. The van der Waals surface area contributed by atoms with E-state index in [1.54, 1.807) is 23.4 Å². The van der Waals surface area contributed by atoms with Crippen molar-refractivity contribution in [2.75, 3.05) is 24.6 Å². The van der Waals surface area contributed by atoms with Gasteiger partial charge >= 0.3 is 0 Å². The van der Waals surface area contributed by atoms with Gasteiger partial charge in [-0.25, -0.2) is 15.0 Å². The summed E-state index contributed by atoms with van der Waals surface area (Å²) in [6.45, 7) is 4.62. The topological polar surface area (TPSA) is 114 Å². The van der Waals surface area contributed by atoms with E-state index < -0.39 is 0 Å². The number of carbonyl (C=O) groups is 1. The van der Waals surface area contributed by atoms with Crippen LogP contribution >= 0.6 is 0 Å². The van der Waals surface area contributed by atoms with E-state index in [4.69, 9.17) is 4.98 Å². The van der Waals surface area contributed by atoms with Crippen molar-refractivity contribution in [2.24, 2.45) is 24.8 Å². The molecule has 1 saturated carbocycles. The van der Waals surface area contributed by atoms with Gasteiger partial charge in [0.15, 0.2) is 0 Å². The van der Waals surface area contributed by atoms with Crippen LogP contribution in [0.2, 0.25) is 0 Å². The highest BCUT2D eigenvalue weighted by molar-refractivity contribution is 5.94. The van der Waals surface area contributed by atoms with Crippen molar-refractivity contribution >= 4 is 11.9 Å². The summed E-state index contributed by atoms with van der Waals surface area (Å²) in [5.41, 5.74) is 4.57. The summed E-state index contributed by atoms with van der Waals surface area (Å²) in [6, 6.07) is -0.0514. The molecular formula is C23H28N8O2. The third kappa shape index (κ3) is 3.49. The fraction of sp³-hybridized carbons (Fsp3) is 0.522. The lowest BCUT2D eigenvalue weighted by Gasteiger charge is -2.20. The molecule has 1 amide bonds. The van der Waals surface area contributed by atoms with Gasteiger partial charge in [-0.2, -0.15) is 5.10 Å². The lowest BCUT2D eigenvalue weighted by atomic mass is 10.2. The molecule has 3 aromatic heterocycles. The van der Waals surface area contributed by atoms with E-state index in [-0.39, 0.29) is 18.6 Å². The van der Waals surface area contributed by atoms with E-state index in [1.165, 1.54) is 5.69 Å². The lowest BCUT2D eigenvalue weighted by Crippen LogP contribution is -2.27. The monoisotopic (exact) mass is 448 g/mol. The van der Waals surface area contributed by atoms with Crippen molar-refractivity contribution in [3.8, 4) is 0 Å². The first-order valence-corrected chi connectivity index (χ1v) is 11.5. The van der Waals surface area contributed by atoms with Crippen LogP contribution < -0.4 is 10.2 Å². The van der Waals surface area contributed by atoms with Crippen LogP contribution in [-0.2, 0) is 20.0 Å². The Bertz CT molecular complexity index is 1210. The number of imidazole rings is 1. The molecule has 0 spiro atoms. The minimum Gasteiger partial charge on any atom is -0.396 e. The number of anilines is 1. The Labute approximate surface area is 191 Å². The number of nitrogens with one attached hydrogen (secondary N) is 1. The van der Waals surface area contributed by atoms with Gasteiger partial charge in [-0.15, -0.1) is 0 Å². The molecule has 3 aromatic rings. The smallest absolute Gasteiger partial charge is 0.255 e. The molecule has 3 aliphatic rings. The van der Waals surface area contributed by atoms with Gasteiger partial charge in [0.05, 0.1) is 36.4 Å². The molecule has 1 aliphatic heterocycles. The van der Waals surface area contributed by atoms with Gasteiger partial charge in [-0.05, 0) is 37.5 Å². The Hall–Kier alpha value is -3.27. The molecule has 0 aromatic carbocycles. The zero-order valence-electron chi connectivity index (χ0n) is 18.8. The summed E-state index contributed by atoms with van der Waals surface area (Å²) >= 11 is 0. The molecule has 10 nitrogen and oxygen atoms in total. The van der Waals surface area contributed by atoms with Gasteiger partial charge in [0.2, 0.25) is 5.95 Å². The third-order valence-corrected chi connectivity index (χ3v) is 7.56. The SMILES string of the molecule is Cc1nc(N2C[C@@H]3[C@@H](CO)[C@@H]3C2)ncc1Cn1cc(C(=O)N[C@@H]2CCc3c2ncn3C)cn1. The fourth-order valence-corrected chi connectivity index (χ4v) is 5.48. The molecule has 1 saturated heterocycles. The standard InChI is InChI=1S/C23H28N8O2/c1-13-14(5-24-23(27-13)30-9-16-17(10-30)18(16)11-32)7-31-8-15(6-26-31)22(33)28-19-3-4-20-21(19)25-12-29(20)2/h5-6,8,12,16-19,32H,3-4,7,9-11H2,1-2H3,(H,28,33)/t16-,17+,18+,19-/m1/s1. The summed E-state index contributed by atoms with van der Waals surface area (Å²) in [5, 5.41) is 16.8. The van der Waals surface area contributed by atoms with Crippen LogP contribution in [0.4, 0.5) is 5.95 Å². The maximum Gasteiger partial charge on any atom is 0.255 e. The quantitative estimate of drug-likeness (QED) is 0.575. The van der Waals surface area contributed by atoms with Gasteiger partial charge in [0.25, 0.3) is 5.91 Å². The summed E-state index contributed by atoms with van der Waals surface area (Å²) in [7, 11) is 1.98. The molecular weight excluding hydrogens is 420 g/mol. The van der Waals surface area contributed by atoms with E-state index in [9.17, 15) is 9.90 Å². The molecule has 2 aliphatic carbocycles. The maximum atomic E-state index is 12.8. The summed E-state index contributed by atoms with van der Waals surface area (Å²) in [6.07, 6.45) is 8.81. The zero-order valence-corrected chi connectivity index (χ0v) is 18.8. The van der Waals surface area contributed by atoms with Gasteiger partial charge in [-0.3, -0.25) is 9.48 Å². The molecule has 2 fully saturated rings. The van der Waals surface area contributed by atoms with Gasteiger partial charge in [-0.1, -0.05) is 0 Å². The highest BCUT2D eigenvalue weighted by Crippen LogP contribution is 2.51. The first-order valence-electron chi connectivity index (χ1n) is 11.5. The van der Waals surface area contributed by atoms with Crippen LogP contribution in [0.15, 0.2) is 24.9 Å². The minimum atomic E-state index is -0.137. The second-order valence-corrected chi connectivity index (χ2v) is 9.54. The summed E-state index contributed by atoms with van der Waals surface area (Å²) < 4.78 is 3.77. The second-order valence-electron chi connectivity index (χ2n) is 9.54. The molecule has 0 unspecified atom stereocenters. The molecule has 0 radical (unpaired) electrons. The van der Waals surface area contributed by atoms with Crippen molar-refractivity contribution in [3.63, 3.8) is 0 Å². The minimum absolute atomic E-state index is 0.0514. The van der Waals surface area contributed by atoms with Gasteiger partial charge in [0, 0.05) is 56.1 Å². The number of hydrogen-bond acceptors (Lipinski definition) is 7. The predicted octanol–water partition coefficient (Wildman–Crippen LogP) is 0.855. The number of aromatic nitrogens is 6. The molecule has 10 heteroatoms. The van der Waals surface area contributed by atoms with Crippen LogP contribution in [0.25, 0.3) is 0 Å². The van der Waals surface area contributed by atoms with Crippen molar-refractivity contribution < 1.29 is 9.90 Å². The number of piperidine rings is 1. The zero-order chi connectivity index (χ0) is 22.7. The molecule has 0 bridgehead atoms. The van der Waals surface area contributed by atoms with Gasteiger partial charge in [0.1, 0.15) is 0 Å². The molecule has 33 heavy (non-hydrogen) atoms. The Morgan fingerprint density at radius 1 is 1.24 bits per heavy atom. The number of hydrogen-bond donors (Lipinski definition) is 2. The van der Waals surface area contributed by atoms with Crippen molar-refractivity contribution in [1.82, 2.24) is 34.6 Å². The van der Waals surface area contributed by atoms with E-state index in [1.807, 2.05) is 24.7 Å². The average Bonchev–Trinajstić information content (AvgIpc) is 3.36. The molecule has 172 valence electrons. The second kappa shape index (κ2) is 7.65. The van der Waals surface area contributed by atoms with E-state index in [0.717, 1.165) is 48.8 Å². The summed E-state index contributed by atoms with van der Waals surface area (Å²) in [5.74, 6) is 2.25. The Balaban J connectivity index is 1.09. The number of aryl methyl sites for hydroxylation is 2. The van der Waals surface area contributed by atoms with Crippen LogP contribution in [0.1, 0.15) is 45.5 Å². The normalized spacial score (nSPS) is 25.2. The first-order chi connectivity index (χ1) is 16.0. The van der Waals surface area contributed by atoms with Crippen LogP contribution in [0.5, 0.6) is 0 Å². The number of rotatable bonds is 6. The summed E-state index contributed by atoms with van der Waals surface area (Å²) in [4.78, 5) is 28.7. The molecule has 4 heterocycles. The highest BCUT2D eigenvalue weighted by atomic mass is 16.3. The fourth-order valence-electron chi connectivity index (χ4n) is 5.48. The Morgan fingerprint density at radius 3 is 2.82 bits per heavy atom. The van der Waals surface area contributed by atoms with Crippen molar-refractivity contribution in [2.45, 2.75) is 32.4 Å². The lowest BCUT2D eigenvalue weighted by molar-refractivity contribution is 0.0936. The molecule has 2 N–H and O–H groups in total. The van der Waals surface area contributed by atoms with Crippen LogP contribution in [-0.4, -0.2) is 60.0 Å². The Kier molecular flexibility index (Phi) is 4.72. The maximum absolute atomic E-state index is 12.8. The van der Waals surface area contributed by atoms with Gasteiger partial charge < -0.3 is 19.9 Å². The largest absolute Gasteiger partial charge is 0.396 e. The Morgan fingerprint density at radius 2 is 2.06 bits per heavy atom. The van der Waals surface area contributed by atoms with E-state index >= 15 is 0 Å².